The van der Waals surface area contributed by atoms with Gasteiger partial charge >= 0.3 is 0 Å². The molecule has 0 bridgehead atoms. The molecule has 1 aromatic carbocycles. The van der Waals surface area contributed by atoms with Crippen LogP contribution in [-0.4, -0.2) is 11.9 Å². The monoisotopic (exact) mass is 301 g/mol. The molecule has 1 unspecified atom stereocenters. The summed E-state index contributed by atoms with van der Waals surface area (Å²) in [5.41, 5.74) is 0.612. The van der Waals surface area contributed by atoms with E-state index in [-0.39, 0.29) is 11.9 Å². The minimum absolute atomic E-state index is 0.0474. The molecule has 0 radical (unpaired) electrons. The first-order valence-corrected chi connectivity index (χ1v) is 6.51. The van der Waals surface area contributed by atoms with Gasteiger partial charge in [-0.3, -0.25) is 4.79 Å². The van der Waals surface area contributed by atoms with E-state index < -0.39 is 0 Å². The Morgan fingerprint density at radius 1 is 1.56 bits per heavy atom. The van der Waals surface area contributed by atoms with Crippen LogP contribution in [0.2, 0.25) is 5.02 Å². The summed E-state index contributed by atoms with van der Waals surface area (Å²) in [4.78, 5) is 11.9. The van der Waals surface area contributed by atoms with Gasteiger partial charge in [-0.25, -0.2) is 0 Å². The number of carbonyl (C=O) groups is 1. The van der Waals surface area contributed by atoms with E-state index in [1.54, 1.807) is 18.2 Å². The van der Waals surface area contributed by atoms with Gasteiger partial charge in [-0.15, -0.1) is 0 Å². The summed E-state index contributed by atoms with van der Waals surface area (Å²) >= 11 is 9.24. The second kappa shape index (κ2) is 4.76. The van der Waals surface area contributed by atoms with E-state index >= 15 is 0 Å². The predicted octanol–water partition coefficient (Wildman–Crippen LogP) is 3.63. The van der Waals surface area contributed by atoms with Crippen LogP contribution >= 0.6 is 27.5 Å². The van der Waals surface area contributed by atoms with Crippen molar-refractivity contribution in [3.8, 4) is 0 Å². The second-order valence-corrected chi connectivity index (χ2v) is 5.49. The quantitative estimate of drug-likeness (QED) is 0.907. The van der Waals surface area contributed by atoms with Crippen molar-refractivity contribution in [2.24, 2.45) is 5.92 Å². The molecule has 1 amide bonds. The summed E-state index contributed by atoms with van der Waals surface area (Å²) in [5, 5.41) is 3.55. The van der Waals surface area contributed by atoms with Crippen LogP contribution < -0.4 is 5.32 Å². The van der Waals surface area contributed by atoms with E-state index in [0.717, 1.165) is 4.47 Å². The average molecular weight is 303 g/mol. The maximum atomic E-state index is 11.9. The number of nitrogens with one attached hydrogen (secondary N) is 1. The molecule has 0 aromatic heterocycles. The van der Waals surface area contributed by atoms with Gasteiger partial charge in [0.05, 0.1) is 5.02 Å². The van der Waals surface area contributed by atoms with Crippen molar-refractivity contribution in [3.63, 3.8) is 0 Å². The number of hydrogen-bond acceptors (Lipinski definition) is 1. The topological polar surface area (TPSA) is 29.1 Å². The van der Waals surface area contributed by atoms with Gasteiger partial charge in [0.1, 0.15) is 0 Å². The van der Waals surface area contributed by atoms with Crippen LogP contribution in [0.3, 0.4) is 0 Å². The van der Waals surface area contributed by atoms with Crippen LogP contribution in [0.1, 0.15) is 30.1 Å². The van der Waals surface area contributed by atoms with Crippen molar-refractivity contribution in [1.82, 2.24) is 5.32 Å². The Balaban J connectivity index is 2.05. The summed E-state index contributed by atoms with van der Waals surface area (Å²) in [7, 11) is 0. The maximum Gasteiger partial charge on any atom is 0.251 e. The SMILES string of the molecule is CC(NC(=O)c1ccc(Br)c(Cl)c1)C1CC1. The summed E-state index contributed by atoms with van der Waals surface area (Å²) in [6, 6.07) is 5.50. The van der Waals surface area contributed by atoms with Crippen molar-refractivity contribution in [2.45, 2.75) is 25.8 Å². The molecule has 2 nitrogen and oxygen atoms in total. The van der Waals surface area contributed by atoms with E-state index in [9.17, 15) is 4.79 Å². The van der Waals surface area contributed by atoms with Gasteiger partial charge in [0, 0.05) is 16.1 Å². The number of halogens is 2. The number of amides is 1. The van der Waals surface area contributed by atoms with Gasteiger partial charge in [0.15, 0.2) is 0 Å². The molecule has 1 atom stereocenters. The largest absolute Gasteiger partial charge is 0.349 e. The average Bonchev–Trinajstić information content (AvgIpc) is 3.05. The molecule has 4 heteroatoms. The fourth-order valence-electron chi connectivity index (χ4n) is 1.64. The highest BCUT2D eigenvalue weighted by Gasteiger charge is 2.29. The predicted molar refractivity (Wildman–Crippen MR) is 68.8 cm³/mol. The lowest BCUT2D eigenvalue weighted by Gasteiger charge is -2.12. The second-order valence-electron chi connectivity index (χ2n) is 4.23. The zero-order valence-electron chi connectivity index (χ0n) is 8.97. The fourth-order valence-corrected chi connectivity index (χ4v) is 2.07. The molecule has 1 aromatic rings. The highest BCUT2D eigenvalue weighted by molar-refractivity contribution is 9.10. The highest BCUT2D eigenvalue weighted by atomic mass is 79.9. The van der Waals surface area contributed by atoms with Crippen LogP contribution in [0.15, 0.2) is 22.7 Å². The molecule has 0 spiro atoms. The van der Waals surface area contributed by atoms with E-state index in [2.05, 4.69) is 28.2 Å². The Kier molecular flexibility index (Phi) is 3.55. The third kappa shape index (κ3) is 2.77. The van der Waals surface area contributed by atoms with E-state index in [4.69, 9.17) is 11.6 Å². The molecular formula is C12H13BrClNO. The molecular weight excluding hydrogens is 289 g/mol. The van der Waals surface area contributed by atoms with Crippen molar-refractivity contribution >= 4 is 33.4 Å². The first-order chi connectivity index (χ1) is 7.58. The van der Waals surface area contributed by atoms with E-state index in [1.165, 1.54) is 12.8 Å². The lowest BCUT2D eigenvalue weighted by molar-refractivity contribution is 0.0936. The molecule has 0 saturated heterocycles. The third-order valence-corrected chi connectivity index (χ3v) is 4.10. The summed E-state index contributed by atoms with van der Waals surface area (Å²) in [6.07, 6.45) is 2.45. The van der Waals surface area contributed by atoms with Gasteiger partial charge in [-0.1, -0.05) is 11.6 Å². The summed E-state index contributed by atoms with van der Waals surface area (Å²) in [5.74, 6) is 0.615. The Labute approximate surface area is 108 Å². The molecule has 0 aliphatic heterocycles. The first kappa shape index (κ1) is 11.9. The minimum atomic E-state index is -0.0474. The Bertz CT molecular complexity index is 417. The Hall–Kier alpha value is -0.540. The molecule has 86 valence electrons. The van der Waals surface area contributed by atoms with E-state index in [0.29, 0.717) is 16.5 Å². The standard InChI is InChI=1S/C12H13BrClNO/c1-7(8-2-3-8)15-12(16)9-4-5-10(13)11(14)6-9/h4-8H,2-3H2,1H3,(H,15,16). The Morgan fingerprint density at radius 2 is 2.25 bits per heavy atom. The van der Waals surface area contributed by atoms with Crippen LogP contribution in [0.5, 0.6) is 0 Å². The summed E-state index contributed by atoms with van der Waals surface area (Å²) in [6.45, 7) is 2.05. The van der Waals surface area contributed by atoms with Crippen LogP contribution in [0.25, 0.3) is 0 Å². The van der Waals surface area contributed by atoms with Crippen molar-refractivity contribution < 1.29 is 4.79 Å². The van der Waals surface area contributed by atoms with Crippen LogP contribution in [0, 0.1) is 5.92 Å². The van der Waals surface area contributed by atoms with Gasteiger partial charge < -0.3 is 5.32 Å². The van der Waals surface area contributed by atoms with Crippen molar-refractivity contribution in [3.05, 3.63) is 33.3 Å². The first-order valence-electron chi connectivity index (χ1n) is 5.34. The number of carbonyl (C=O) groups excluding carboxylic acids is 1. The van der Waals surface area contributed by atoms with Gasteiger partial charge in [0.25, 0.3) is 5.91 Å². The molecule has 1 saturated carbocycles. The van der Waals surface area contributed by atoms with Crippen molar-refractivity contribution in [1.29, 1.82) is 0 Å². The summed E-state index contributed by atoms with van der Waals surface area (Å²) < 4.78 is 0.806. The Morgan fingerprint density at radius 3 is 2.81 bits per heavy atom. The van der Waals surface area contributed by atoms with Gasteiger partial charge in [-0.2, -0.15) is 0 Å². The zero-order chi connectivity index (χ0) is 11.7. The van der Waals surface area contributed by atoms with Gasteiger partial charge in [0.2, 0.25) is 0 Å². The molecule has 2 rings (SSSR count). The normalized spacial score (nSPS) is 16.9. The molecule has 0 heterocycles. The lowest BCUT2D eigenvalue weighted by atomic mass is 10.1. The highest BCUT2D eigenvalue weighted by Crippen LogP contribution is 2.32. The third-order valence-electron chi connectivity index (χ3n) is 2.87. The smallest absolute Gasteiger partial charge is 0.251 e. The van der Waals surface area contributed by atoms with Crippen molar-refractivity contribution in [2.75, 3.05) is 0 Å². The minimum Gasteiger partial charge on any atom is -0.349 e. The zero-order valence-corrected chi connectivity index (χ0v) is 11.3. The molecule has 1 N–H and O–H groups in total. The number of benzene rings is 1. The van der Waals surface area contributed by atoms with Crippen LogP contribution in [0.4, 0.5) is 0 Å². The number of rotatable bonds is 3. The molecule has 1 fully saturated rings. The number of hydrogen-bond donors (Lipinski definition) is 1. The van der Waals surface area contributed by atoms with Crippen LogP contribution in [-0.2, 0) is 0 Å². The molecule has 16 heavy (non-hydrogen) atoms. The molecule has 1 aliphatic rings. The maximum absolute atomic E-state index is 11.9. The van der Waals surface area contributed by atoms with E-state index in [1.807, 2.05) is 0 Å². The molecule has 1 aliphatic carbocycles. The lowest BCUT2D eigenvalue weighted by Crippen LogP contribution is -2.33. The fraction of sp³-hybridized carbons (Fsp3) is 0.417. The van der Waals surface area contributed by atoms with Gasteiger partial charge in [-0.05, 0) is 59.8 Å².